The minimum atomic E-state index is 0.340. The van der Waals surface area contributed by atoms with Crippen molar-refractivity contribution in [1.82, 2.24) is 14.7 Å². The summed E-state index contributed by atoms with van der Waals surface area (Å²) >= 11 is 0. The molecule has 0 radical (unpaired) electrons. The van der Waals surface area contributed by atoms with Crippen LogP contribution in [0.15, 0.2) is 0 Å². The Morgan fingerprint density at radius 2 is 1.73 bits per heavy atom. The molecular weight excluding hydrogens is 157 g/mol. The average molecular weight is 171 g/mol. The predicted octanol–water partition coefficient (Wildman–Crippen LogP) is 0.549. The van der Waals surface area contributed by atoms with E-state index in [0.717, 1.165) is 6.17 Å². The Morgan fingerprint density at radius 3 is 2.27 bits per heavy atom. The van der Waals surface area contributed by atoms with E-state index < -0.39 is 0 Å². The van der Waals surface area contributed by atoms with Crippen LogP contribution in [0.4, 0.5) is 0 Å². The standard InChI is InChI=1S/C7H14N3P/c1-7-9-2-8-3-10(7)6-11(4-8)5-9/h7H,2-6H2,1H3. The largest absolute Gasteiger partial charge is 0.273 e. The van der Waals surface area contributed by atoms with Crippen molar-refractivity contribution in [3.8, 4) is 0 Å². The highest BCUT2D eigenvalue weighted by Gasteiger charge is 2.42. The van der Waals surface area contributed by atoms with Gasteiger partial charge in [-0.3, -0.25) is 14.7 Å². The fourth-order valence-corrected chi connectivity index (χ4v) is 5.06. The second kappa shape index (κ2) is 2.17. The topological polar surface area (TPSA) is 9.72 Å². The number of hydrogen-bond donors (Lipinski definition) is 0. The molecule has 4 aliphatic rings. The quantitative estimate of drug-likeness (QED) is 0.493. The lowest BCUT2D eigenvalue weighted by Crippen LogP contribution is -2.66. The molecule has 2 unspecified atom stereocenters. The molecule has 4 bridgehead atoms. The van der Waals surface area contributed by atoms with Gasteiger partial charge in [-0.25, -0.2) is 0 Å². The minimum Gasteiger partial charge on any atom is -0.273 e. The molecule has 0 N–H and O–H groups in total. The lowest BCUT2D eigenvalue weighted by molar-refractivity contribution is -0.0736. The summed E-state index contributed by atoms with van der Waals surface area (Å²) in [6.07, 6.45) is 4.95. The van der Waals surface area contributed by atoms with Crippen molar-refractivity contribution in [2.24, 2.45) is 0 Å². The summed E-state index contributed by atoms with van der Waals surface area (Å²) in [6, 6.07) is 0. The Labute approximate surface area is 68.7 Å². The van der Waals surface area contributed by atoms with Gasteiger partial charge in [0.05, 0.1) is 19.5 Å². The van der Waals surface area contributed by atoms with Crippen LogP contribution >= 0.6 is 7.92 Å². The van der Waals surface area contributed by atoms with E-state index in [0.29, 0.717) is 7.92 Å². The van der Waals surface area contributed by atoms with Gasteiger partial charge < -0.3 is 0 Å². The maximum Gasteiger partial charge on any atom is 0.0622 e. The first-order valence-corrected chi connectivity index (χ1v) is 6.15. The Balaban J connectivity index is 1.91. The van der Waals surface area contributed by atoms with Gasteiger partial charge in [0.2, 0.25) is 0 Å². The average Bonchev–Trinajstić information content (AvgIpc) is 1.98. The summed E-state index contributed by atoms with van der Waals surface area (Å²) in [4.78, 5) is 7.81. The van der Waals surface area contributed by atoms with Gasteiger partial charge in [0.25, 0.3) is 0 Å². The monoisotopic (exact) mass is 171 g/mol. The molecule has 62 valence electrons. The zero-order valence-electron chi connectivity index (χ0n) is 6.90. The van der Waals surface area contributed by atoms with Crippen molar-refractivity contribution < 1.29 is 0 Å². The van der Waals surface area contributed by atoms with Crippen molar-refractivity contribution in [2.45, 2.75) is 13.1 Å². The Hall–Kier alpha value is 0.310. The van der Waals surface area contributed by atoms with Crippen LogP contribution in [-0.2, 0) is 0 Å². The second-order valence-electron chi connectivity index (χ2n) is 3.86. The highest BCUT2D eigenvalue weighted by Crippen LogP contribution is 2.48. The fourth-order valence-electron chi connectivity index (χ4n) is 2.37. The van der Waals surface area contributed by atoms with E-state index in [1.54, 1.807) is 0 Å². The zero-order chi connectivity index (χ0) is 7.42. The van der Waals surface area contributed by atoms with Gasteiger partial charge in [0.1, 0.15) is 0 Å². The lowest BCUT2D eigenvalue weighted by Gasteiger charge is -2.58. The molecule has 11 heavy (non-hydrogen) atoms. The van der Waals surface area contributed by atoms with Gasteiger partial charge in [-0.2, -0.15) is 0 Å². The maximum absolute atomic E-state index is 2.61. The van der Waals surface area contributed by atoms with Gasteiger partial charge >= 0.3 is 0 Å². The molecule has 0 amide bonds. The Morgan fingerprint density at radius 1 is 1.09 bits per heavy atom. The molecule has 4 heterocycles. The molecule has 4 saturated heterocycles. The third-order valence-electron chi connectivity index (χ3n) is 2.98. The van der Waals surface area contributed by atoms with Crippen molar-refractivity contribution in [3.63, 3.8) is 0 Å². The summed E-state index contributed by atoms with van der Waals surface area (Å²) < 4.78 is 0. The van der Waals surface area contributed by atoms with E-state index in [-0.39, 0.29) is 0 Å². The highest BCUT2D eigenvalue weighted by molar-refractivity contribution is 7.57. The van der Waals surface area contributed by atoms with Crippen LogP contribution < -0.4 is 0 Å². The number of nitrogens with zero attached hydrogens (tertiary/aromatic N) is 3. The van der Waals surface area contributed by atoms with E-state index in [4.69, 9.17) is 0 Å². The summed E-state index contributed by atoms with van der Waals surface area (Å²) in [7, 11) is 0.340. The summed E-state index contributed by atoms with van der Waals surface area (Å²) in [5.74, 6) is 0. The van der Waals surface area contributed by atoms with Crippen LogP contribution in [0.1, 0.15) is 6.92 Å². The third kappa shape index (κ3) is 0.888. The molecule has 4 aliphatic heterocycles. The number of rotatable bonds is 0. The molecule has 0 aromatic carbocycles. The van der Waals surface area contributed by atoms with Gasteiger partial charge in [-0.05, 0) is 6.92 Å². The van der Waals surface area contributed by atoms with E-state index in [2.05, 4.69) is 21.6 Å². The molecule has 4 fully saturated rings. The zero-order valence-corrected chi connectivity index (χ0v) is 7.80. The van der Waals surface area contributed by atoms with Gasteiger partial charge in [0.15, 0.2) is 0 Å². The van der Waals surface area contributed by atoms with Crippen molar-refractivity contribution in [3.05, 3.63) is 0 Å². The molecular formula is C7H14N3P. The van der Waals surface area contributed by atoms with Crippen LogP contribution in [0.5, 0.6) is 0 Å². The van der Waals surface area contributed by atoms with Crippen LogP contribution in [0, 0.1) is 0 Å². The smallest absolute Gasteiger partial charge is 0.0622 e. The van der Waals surface area contributed by atoms with Crippen molar-refractivity contribution >= 4 is 7.92 Å². The molecule has 0 aliphatic carbocycles. The summed E-state index contributed by atoms with van der Waals surface area (Å²) in [6.45, 7) is 4.81. The van der Waals surface area contributed by atoms with E-state index in [9.17, 15) is 0 Å². The molecule has 0 aromatic rings. The first kappa shape index (κ1) is 6.79. The van der Waals surface area contributed by atoms with Crippen LogP contribution in [0.25, 0.3) is 0 Å². The van der Waals surface area contributed by atoms with Crippen molar-refractivity contribution in [1.29, 1.82) is 0 Å². The highest BCUT2D eigenvalue weighted by atomic mass is 31.1. The van der Waals surface area contributed by atoms with E-state index >= 15 is 0 Å². The van der Waals surface area contributed by atoms with Gasteiger partial charge in [-0.1, -0.05) is 7.92 Å². The molecule has 0 spiro atoms. The maximum atomic E-state index is 2.61. The first-order valence-electron chi connectivity index (χ1n) is 4.26. The molecule has 3 nitrogen and oxygen atoms in total. The lowest BCUT2D eigenvalue weighted by atomic mass is 10.4. The predicted molar refractivity (Wildman–Crippen MR) is 46.2 cm³/mol. The van der Waals surface area contributed by atoms with Gasteiger partial charge in [-0.15, -0.1) is 0 Å². The van der Waals surface area contributed by atoms with Crippen molar-refractivity contribution in [2.75, 3.05) is 32.2 Å². The van der Waals surface area contributed by atoms with Gasteiger partial charge in [0, 0.05) is 18.9 Å². The SMILES string of the molecule is CC1N2CN3CN1CP(C3)C2. The molecule has 2 atom stereocenters. The Bertz CT molecular complexity index is 157. The molecule has 0 saturated carbocycles. The van der Waals surface area contributed by atoms with E-state index in [1.807, 2.05) is 0 Å². The molecule has 4 heteroatoms. The fraction of sp³-hybridized carbons (Fsp3) is 1.00. The number of hydrogen-bond acceptors (Lipinski definition) is 3. The second-order valence-corrected chi connectivity index (χ2v) is 6.05. The normalized spacial score (nSPS) is 60.3. The van der Waals surface area contributed by atoms with Crippen LogP contribution in [0.2, 0.25) is 0 Å². The molecule has 4 rings (SSSR count). The summed E-state index contributed by atoms with van der Waals surface area (Å²) in [5.41, 5.74) is 0. The summed E-state index contributed by atoms with van der Waals surface area (Å²) in [5, 5.41) is 0. The molecule has 0 aromatic heterocycles. The van der Waals surface area contributed by atoms with Crippen LogP contribution in [0.3, 0.4) is 0 Å². The minimum absolute atomic E-state index is 0.340. The third-order valence-corrected chi connectivity index (χ3v) is 5.31. The first-order chi connectivity index (χ1) is 5.33. The van der Waals surface area contributed by atoms with E-state index in [1.165, 1.54) is 32.2 Å². The van der Waals surface area contributed by atoms with Crippen LogP contribution in [-0.4, -0.2) is 53.1 Å². The Kier molecular flexibility index (Phi) is 1.34.